The van der Waals surface area contributed by atoms with Crippen molar-refractivity contribution in [2.45, 2.75) is 31.2 Å². The van der Waals surface area contributed by atoms with E-state index in [4.69, 9.17) is 0 Å². The fraction of sp³-hybridized carbons (Fsp3) is 0.312. The highest BCUT2D eigenvalue weighted by Crippen LogP contribution is 2.48. The number of rotatable bonds is 3. The van der Waals surface area contributed by atoms with Crippen molar-refractivity contribution in [1.82, 2.24) is 4.98 Å². The van der Waals surface area contributed by atoms with E-state index in [-0.39, 0.29) is 11.3 Å². The number of benzene rings is 1. The highest BCUT2D eigenvalue weighted by atomic mass is 19.4. The van der Waals surface area contributed by atoms with Crippen LogP contribution in [0.3, 0.4) is 0 Å². The number of aliphatic hydroxyl groups excluding tert-OH is 2. The van der Waals surface area contributed by atoms with Crippen molar-refractivity contribution in [3.05, 3.63) is 53.6 Å². The second-order valence-electron chi connectivity index (χ2n) is 5.79. The van der Waals surface area contributed by atoms with Crippen LogP contribution in [-0.2, 0) is 6.54 Å². The predicted octanol–water partition coefficient (Wildman–Crippen LogP) is 3.13. The molecule has 1 aromatic carbocycles. The van der Waals surface area contributed by atoms with Gasteiger partial charge in [-0.2, -0.15) is 26.3 Å². The minimum atomic E-state index is -5.12. The molecule has 2 aromatic rings. The minimum Gasteiger partial charge on any atom is -0.427 e. The quantitative estimate of drug-likeness (QED) is 0.619. The van der Waals surface area contributed by atoms with E-state index in [2.05, 4.69) is 9.72 Å². The molecule has 1 aromatic heterocycles. The Labute approximate surface area is 148 Å². The summed E-state index contributed by atoms with van der Waals surface area (Å²) in [5, 5.41) is 19.4. The number of pyridine rings is 1. The van der Waals surface area contributed by atoms with E-state index in [1.165, 1.54) is 6.07 Å². The van der Waals surface area contributed by atoms with Crippen LogP contribution < -0.4 is 9.64 Å². The Hall–Kier alpha value is -2.53. The van der Waals surface area contributed by atoms with Gasteiger partial charge in [-0.25, -0.2) is 4.98 Å². The first-order chi connectivity index (χ1) is 12.5. The summed E-state index contributed by atoms with van der Waals surface area (Å²) in [6, 6.07) is 5.22. The second kappa shape index (κ2) is 6.57. The molecule has 0 fully saturated rings. The number of alkyl halides is 5. The average Bonchev–Trinajstić information content (AvgIpc) is 2.57. The molecule has 27 heavy (non-hydrogen) atoms. The molecule has 0 saturated carbocycles. The predicted molar refractivity (Wildman–Crippen MR) is 79.4 cm³/mol. The van der Waals surface area contributed by atoms with Gasteiger partial charge in [-0.1, -0.05) is 12.1 Å². The smallest absolute Gasteiger partial charge is 0.427 e. The lowest BCUT2D eigenvalue weighted by molar-refractivity contribution is -0.248. The van der Waals surface area contributed by atoms with Crippen molar-refractivity contribution in [1.29, 1.82) is 0 Å². The molecule has 2 heterocycles. The van der Waals surface area contributed by atoms with Crippen LogP contribution in [0.15, 0.2) is 36.5 Å². The van der Waals surface area contributed by atoms with E-state index in [0.29, 0.717) is 4.90 Å². The van der Waals surface area contributed by atoms with Crippen LogP contribution in [0.1, 0.15) is 17.2 Å². The van der Waals surface area contributed by atoms with Crippen LogP contribution in [-0.4, -0.2) is 33.7 Å². The normalized spacial score (nSPS) is 20.0. The van der Waals surface area contributed by atoms with Gasteiger partial charge in [-0.05, 0) is 23.8 Å². The van der Waals surface area contributed by atoms with Crippen LogP contribution in [0.5, 0.6) is 5.75 Å². The van der Waals surface area contributed by atoms with Gasteiger partial charge in [0.15, 0.2) is 11.9 Å². The lowest BCUT2D eigenvalue weighted by Gasteiger charge is -2.40. The Morgan fingerprint density at radius 2 is 1.96 bits per heavy atom. The molecular formula is C16H12F6N2O3. The van der Waals surface area contributed by atoms with Crippen LogP contribution in [0.2, 0.25) is 0 Å². The maximum absolute atomic E-state index is 14.1. The van der Waals surface area contributed by atoms with Crippen molar-refractivity contribution >= 4 is 5.69 Å². The fourth-order valence-corrected chi connectivity index (χ4v) is 2.68. The lowest BCUT2D eigenvalue weighted by Crippen LogP contribution is -2.54. The molecule has 0 spiro atoms. The third-order valence-corrected chi connectivity index (χ3v) is 3.92. The maximum Gasteiger partial charge on any atom is 0.444 e. The molecule has 0 radical (unpaired) electrons. The lowest BCUT2D eigenvalue weighted by atomic mass is 10.0. The fourth-order valence-electron chi connectivity index (χ4n) is 2.68. The van der Waals surface area contributed by atoms with E-state index < -0.39 is 48.4 Å². The maximum atomic E-state index is 14.1. The SMILES string of the molecule is OC1N(Cc2ccnc(F)c2)c2cccc([C@@H](O)C(F)(F)F)c2OC1(F)F. The summed E-state index contributed by atoms with van der Waals surface area (Å²) in [6.07, 6.45) is -14.0. The molecule has 11 heteroatoms. The Bertz CT molecular complexity index is 845. The van der Waals surface area contributed by atoms with Crippen LogP contribution >= 0.6 is 0 Å². The van der Waals surface area contributed by atoms with Gasteiger partial charge < -0.3 is 19.8 Å². The number of aliphatic hydroxyl groups is 2. The number of hydrogen-bond donors (Lipinski definition) is 2. The largest absolute Gasteiger partial charge is 0.444 e. The van der Waals surface area contributed by atoms with Gasteiger partial charge in [0.1, 0.15) is 0 Å². The van der Waals surface area contributed by atoms with Gasteiger partial charge in [0.25, 0.3) is 0 Å². The highest BCUT2D eigenvalue weighted by molar-refractivity contribution is 5.65. The first-order valence-corrected chi connectivity index (χ1v) is 7.50. The molecular weight excluding hydrogens is 382 g/mol. The standard InChI is InChI=1S/C16H12F6N2O3/c17-11-6-8(4-5-23-11)7-24-10-3-1-2-9(13(25)15(18,19)20)12(10)27-16(21,22)14(24)26/h1-6,13-14,25-26H,7H2/t13-,14?/m1/s1. The number of ether oxygens (including phenoxy) is 1. The van der Waals surface area contributed by atoms with E-state index in [9.17, 15) is 36.6 Å². The van der Waals surface area contributed by atoms with Gasteiger partial charge in [0.2, 0.25) is 12.2 Å². The third kappa shape index (κ3) is 3.65. The number of fused-ring (bicyclic) bond motifs is 1. The van der Waals surface area contributed by atoms with Crippen LogP contribution in [0.25, 0.3) is 0 Å². The third-order valence-electron chi connectivity index (χ3n) is 3.92. The summed E-state index contributed by atoms with van der Waals surface area (Å²) >= 11 is 0. The van der Waals surface area contributed by atoms with Gasteiger partial charge >= 0.3 is 12.3 Å². The Morgan fingerprint density at radius 3 is 2.59 bits per heavy atom. The topological polar surface area (TPSA) is 65.8 Å². The molecule has 0 amide bonds. The number of aromatic nitrogens is 1. The summed E-state index contributed by atoms with van der Waals surface area (Å²) < 4.78 is 84.3. The van der Waals surface area contributed by atoms with E-state index in [1.54, 1.807) is 0 Å². The zero-order valence-electron chi connectivity index (χ0n) is 13.3. The number of para-hydroxylation sites is 1. The molecule has 2 N–H and O–H groups in total. The first kappa shape index (κ1) is 19.2. The number of hydrogen-bond acceptors (Lipinski definition) is 5. The van der Waals surface area contributed by atoms with Crippen molar-refractivity contribution in [3.8, 4) is 5.75 Å². The van der Waals surface area contributed by atoms with Crippen LogP contribution in [0.4, 0.5) is 32.0 Å². The summed E-state index contributed by atoms with van der Waals surface area (Å²) in [5.41, 5.74) is -1.11. The number of anilines is 1. The van der Waals surface area contributed by atoms with E-state index >= 15 is 0 Å². The molecule has 1 unspecified atom stereocenters. The Morgan fingerprint density at radius 1 is 1.26 bits per heavy atom. The van der Waals surface area contributed by atoms with Gasteiger partial charge in [0, 0.05) is 18.3 Å². The van der Waals surface area contributed by atoms with E-state index in [1.807, 2.05) is 0 Å². The zero-order valence-corrected chi connectivity index (χ0v) is 13.3. The molecule has 0 aliphatic carbocycles. The van der Waals surface area contributed by atoms with Crippen molar-refractivity contribution in [3.63, 3.8) is 0 Å². The van der Waals surface area contributed by atoms with Crippen molar-refractivity contribution < 1.29 is 41.3 Å². The second-order valence-corrected chi connectivity index (χ2v) is 5.79. The molecule has 3 rings (SSSR count). The van der Waals surface area contributed by atoms with Crippen molar-refractivity contribution in [2.75, 3.05) is 4.90 Å². The molecule has 0 saturated heterocycles. The molecule has 1 aliphatic heterocycles. The van der Waals surface area contributed by atoms with Gasteiger partial charge in [-0.3, -0.25) is 0 Å². The zero-order chi connectivity index (χ0) is 20.0. The Balaban J connectivity index is 2.09. The van der Waals surface area contributed by atoms with E-state index in [0.717, 1.165) is 30.5 Å². The molecule has 5 nitrogen and oxygen atoms in total. The van der Waals surface area contributed by atoms with Gasteiger partial charge in [-0.15, -0.1) is 0 Å². The minimum absolute atomic E-state index is 0.131. The van der Waals surface area contributed by atoms with Crippen LogP contribution in [0, 0.1) is 5.95 Å². The summed E-state index contributed by atoms with van der Waals surface area (Å²) in [7, 11) is 0. The highest BCUT2D eigenvalue weighted by Gasteiger charge is 2.52. The molecule has 146 valence electrons. The summed E-state index contributed by atoms with van der Waals surface area (Å²) in [4.78, 5) is 3.96. The number of halogens is 6. The average molecular weight is 394 g/mol. The summed E-state index contributed by atoms with van der Waals surface area (Å²) in [5.74, 6) is -1.82. The summed E-state index contributed by atoms with van der Waals surface area (Å²) in [6.45, 7) is -0.474. The van der Waals surface area contributed by atoms with Gasteiger partial charge in [0.05, 0.1) is 5.69 Å². The molecule has 2 atom stereocenters. The monoisotopic (exact) mass is 394 g/mol. The molecule has 0 bridgehead atoms. The van der Waals surface area contributed by atoms with Crippen molar-refractivity contribution in [2.24, 2.45) is 0 Å². The Kier molecular flexibility index (Phi) is 4.68. The number of nitrogens with zero attached hydrogens (tertiary/aromatic N) is 2. The first-order valence-electron chi connectivity index (χ1n) is 7.50. The molecule has 1 aliphatic rings.